The normalized spacial score (nSPS) is 24.1. The first kappa shape index (κ1) is 23.7. The maximum atomic E-state index is 13.6. The van der Waals surface area contributed by atoms with E-state index in [1.807, 2.05) is 30.3 Å². The Morgan fingerprint density at radius 3 is 2.35 bits per heavy atom. The van der Waals surface area contributed by atoms with Crippen LogP contribution in [0.15, 0.2) is 30.3 Å². The van der Waals surface area contributed by atoms with Crippen LogP contribution in [0.3, 0.4) is 0 Å². The minimum Gasteiger partial charge on any atom is -0.480 e. The molecular weight excluding hydrogens is 390 g/mol. The maximum Gasteiger partial charge on any atom is 0.330 e. The molecule has 31 heavy (non-hydrogen) atoms. The second kappa shape index (κ2) is 11.1. The van der Waals surface area contributed by atoms with Crippen LogP contribution in [0.4, 0.5) is 5.69 Å². The molecule has 3 atom stereocenters. The van der Waals surface area contributed by atoms with Gasteiger partial charge in [0.15, 0.2) is 6.04 Å². The van der Waals surface area contributed by atoms with Crippen molar-refractivity contribution in [2.45, 2.75) is 88.9 Å². The summed E-state index contributed by atoms with van der Waals surface area (Å²) in [6, 6.07) is 9.58. The predicted octanol–water partition coefficient (Wildman–Crippen LogP) is 4.00. The second-order valence-electron chi connectivity index (χ2n) is 9.40. The molecule has 1 heterocycles. The highest BCUT2D eigenvalue weighted by atomic mass is 16.4. The molecular formula is C25H39N3O3. The molecule has 1 saturated carbocycles. The summed E-state index contributed by atoms with van der Waals surface area (Å²) < 4.78 is 0. The molecule has 6 heteroatoms. The van der Waals surface area contributed by atoms with Gasteiger partial charge < -0.3 is 10.0 Å². The Kier molecular flexibility index (Phi) is 8.50. The van der Waals surface area contributed by atoms with E-state index >= 15 is 0 Å². The van der Waals surface area contributed by atoms with Gasteiger partial charge in [0.1, 0.15) is 0 Å². The number of hydrogen-bond donors (Lipinski definition) is 1. The average molecular weight is 430 g/mol. The standard InChI is InChI=1S/C25H39N3O3/c1-4-11-21-18-22(16-17-27(21)19-12-7-5-8-13-19)28(20-14-9-6-10-15-20)24(29)23(25(30)31)26(2)3/h6,9-10,14-15,19,21-23H,4-5,7-8,11-13,16-18H2,1-3H3,(H,30,31)/t21-,22-,23?/m0/s1. The van der Waals surface area contributed by atoms with Crippen molar-refractivity contribution in [1.82, 2.24) is 9.80 Å². The summed E-state index contributed by atoms with van der Waals surface area (Å²) in [5.41, 5.74) is 0.798. The first-order chi connectivity index (χ1) is 14.9. The van der Waals surface area contributed by atoms with Crippen molar-refractivity contribution in [1.29, 1.82) is 0 Å². The monoisotopic (exact) mass is 429 g/mol. The van der Waals surface area contributed by atoms with Crippen LogP contribution < -0.4 is 4.90 Å². The molecule has 1 unspecified atom stereocenters. The highest BCUT2D eigenvalue weighted by molar-refractivity contribution is 6.09. The van der Waals surface area contributed by atoms with E-state index in [1.54, 1.807) is 19.0 Å². The number of likely N-dealkylation sites (N-methyl/N-ethyl adjacent to an activating group) is 1. The third-order valence-corrected chi connectivity index (χ3v) is 7.02. The number of rotatable bonds is 8. The van der Waals surface area contributed by atoms with Gasteiger partial charge in [-0.15, -0.1) is 0 Å². The second-order valence-corrected chi connectivity index (χ2v) is 9.40. The number of hydrogen-bond acceptors (Lipinski definition) is 4. The zero-order valence-corrected chi connectivity index (χ0v) is 19.4. The van der Waals surface area contributed by atoms with Crippen molar-refractivity contribution in [3.05, 3.63) is 30.3 Å². The molecule has 1 aliphatic heterocycles. The quantitative estimate of drug-likeness (QED) is 0.633. The number of para-hydroxylation sites is 1. The molecule has 0 bridgehead atoms. The van der Waals surface area contributed by atoms with Crippen molar-refractivity contribution >= 4 is 17.6 Å². The lowest BCUT2D eigenvalue weighted by Crippen LogP contribution is -2.58. The number of amides is 1. The highest BCUT2D eigenvalue weighted by Crippen LogP contribution is 2.34. The van der Waals surface area contributed by atoms with Crippen LogP contribution >= 0.6 is 0 Å². The average Bonchev–Trinajstić information content (AvgIpc) is 2.75. The van der Waals surface area contributed by atoms with E-state index in [-0.39, 0.29) is 11.9 Å². The third kappa shape index (κ3) is 5.66. The van der Waals surface area contributed by atoms with E-state index in [9.17, 15) is 14.7 Å². The van der Waals surface area contributed by atoms with Crippen molar-refractivity contribution < 1.29 is 14.7 Å². The summed E-state index contributed by atoms with van der Waals surface area (Å²) in [5, 5.41) is 9.76. The summed E-state index contributed by atoms with van der Waals surface area (Å²) >= 11 is 0. The fourth-order valence-corrected chi connectivity index (χ4v) is 5.58. The molecule has 3 rings (SSSR count). The Hall–Kier alpha value is -1.92. The van der Waals surface area contributed by atoms with Crippen LogP contribution in [0.2, 0.25) is 0 Å². The zero-order valence-electron chi connectivity index (χ0n) is 19.4. The smallest absolute Gasteiger partial charge is 0.330 e. The lowest BCUT2D eigenvalue weighted by atomic mass is 9.86. The molecule has 6 nitrogen and oxygen atoms in total. The summed E-state index contributed by atoms with van der Waals surface area (Å²) in [7, 11) is 3.32. The topological polar surface area (TPSA) is 64.1 Å². The molecule has 1 amide bonds. The van der Waals surface area contributed by atoms with Gasteiger partial charge in [-0.1, -0.05) is 50.8 Å². The van der Waals surface area contributed by atoms with E-state index in [1.165, 1.54) is 37.0 Å². The molecule has 2 fully saturated rings. The van der Waals surface area contributed by atoms with Gasteiger partial charge in [-0.25, -0.2) is 4.79 Å². The minimum absolute atomic E-state index is 0.0214. The minimum atomic E-state index is -1.18. The van der Waals surface area contributed by atoms with Crippen LogP contribution in [0, 0.1) is 0 Å². The largest absolute Gasteiger partial charge is 0.480 e. The van der Waals surface area contributed by atoms with Crippen LogP contribution in [0.5, 0.6) is 0 Å². The maximum absolute atomic E-state index is 13.6. The lowest BCUT2D eigenvalue weighted by Gasteiger charge is -2.48. The van der Waals surface area contributed by atoms with Crippen molar-refractivity contribution in [3.8, 4) is 0 Å². The SMILES string of the molecule is CCC[C@H]1C[C@@H](N(C(=O)C(C(=O)O)N(C)C)c2ccccc2)CCN1C1CCCCC1. The summed E-state index contributed by atoms with van der Waals surface area (Å²) in [4.78, 5) is 31.5. The van der Waals surface area contributed by atoms with Crippen LogP contribution in [0.25, 0.3) is 0 Å². The first-order valence-electron chi connectivity index (χ1n) is 12.0. The molecule has 0 radical (unpaired) electrons. The molecule has 1 aromatic carbocycles. The van der Waals surface area contributed by atoms with Gasteiger partial charge in [-0.05, 0) is 58.3 Å². The number of aliphatic carboxylic acids is 1. The van der Waals surface area contributed by atoms with Gasteiger partial charge in [0.05, 0.1) is 0 Å². The number of likely N-dealkylation sites (tertiary alicyclic amines) is 1. The molecule has 1 aromatic rings. The molecule has 1 aliphatic carbocycles. The van der Waals surface area contributed by atoms with Crippen LogP contribution in [-0.4, -0.2) is 71.6 Å². The fraction of sp³-hybridized carbons (Fsp3) is 0.680. The number of benzene rings is 1. The molecule has 1 saturated heterocycles. The van der Waals surface area contributed by atoms with Crippen molar-refractivity contribution in [3.63, 3.8) is 0 Å². The highest BCUT2D eigenvalue weighted by Gasteiger charge is 2.41. The predicted molar refractivity (Wildman–Crippen MR) is 124 cm³/mol. The number of carbonyl (C=O) groups is 2. The van der Waals surface area contributed by atoms with Crippen LogP contribution in [-0.2, 0) is 9.59 Å². The van der Waals surface area contributed by atoms with Crippen LogP contribution in [0.1, 0.15) is 64.7 Å². The number of piperidine rings is 1. The van der Waals surface area contributed by atoms with E-state index in [2.05, 4.69) is 11.8 Å². The van der Waals surface area contributed by atoms with Gasteiger partial charge in [-0.2, -0.15) is 0 Å². The van der Waals surface area contributed by atoms with Gasteiger partial charge >= 0.3 is 5.97 Å². The van der Waals surface area contributed by atoms with E-state index in [0.29, 0.717) is 12.1 Å². The van der Waals surface area contributed by atoms with Gasteiger partial charge in [0.2, 0.25) is 0 Å². The van der Waals surface area contributed by atoms with E-state index in [0.717, 1.165) is 37.9 Å². The summed E-state index contributed by atoms with van der Waals surface area (Å²) in [5.74, 6) is -1.43. The van der Waals surface area contributed by atoms with Crippen molar-refractivity contribution in [2.75, 3.05) is 25.5 Å². The molecule has 2 aliphatic rings. The summed E-state index contributed by atoms with van der Waals surface area (Å²) in [6.07, 6.45) is 10.6. The Labute approximate surface area is 187 Å². The molecule has 1 N–H and O–H groups in total. The molecule has 172 valence electrons. The fourth-order valence-electron chi connectivity index (χ4n) is 5.58. The lowest BCUT2D eigenvalue weighted by molar-refractivity contribution is -0.147. The number of carboxylic acid groups (broad SMARTS) is 1. The number of carboxylic acids is 1. The van der Waals surface area contributed by atoms with Gasteiger partial charge in [0.25, 0.3) is 5.91 Å². The Morgan fingerprint density at radius 2 is 1.77 bits per heavy atom. The van der Waals surface area contributed by atoms with Crippen molar-refractivity contribution in [2.24, 2.45) is 0 Å². The Bertz CT molecular complexity index is 718. The molecule has 0 spiro atoms. The Morgan fingerprint density at radius 1 is 1.10 bits per heavy atom. The number of anilines is 1. The van der Waals surface area contributed by atoms with Gasteiger partial charge in [-0.3, -0.25) is 14.6 Å². The number of carbonyl (C=O) groups excluding carboxylic acids is 1. The zero-order chi connectivity index (χ0) is 22.4. The third-order valence-electron chi connectivity index (χ3n) is 7.02. The van der Waals surface area contributed by atoms with E-state index in [4.69, 9.17) is 0 Å². The van der Waals surface area contributed by atoms with E-state index < -0.39 is 12.0 Å². The molecule has 0 aromatic heterocycles. The number of nitrogens with zero attached hydrogens (tertiary/aromatic N) is 3. The Balaban J connectivity index is 1.87. The first-order valence-corrected chi connectivity index (χ1v) is 12.0. The van der Waals surface area contributed by atoms with Gasteiger partial charge in [0, 0.05) is 30.4 Å². The summed E-state index contributed by atoms with van der Waals surface area (Å²) in [6.45, 7) is 3.21.